The standard InChI is InChI=1S/C20H23N3O2/c1-16(24)23-13-11-22(12-14-23)15-20(25)21-19-9-7-18(8-10-19)17-5-3-2-4-6-17/h2-10H,11-15H2,1H3,(H,21,25). The van der Waals surface area contributed by atoms with Gasteiger partial charge in [0.15, 0.2) is 0 Å². The molecule has 1 fully saturated rings. The van der Waals surface area contributed by atoms with Crippen LogP contribution in [0.3, 0.4) is 0 Å². The number of rotatable bonds is 4. The smallest absolute Gasteiger partial charge is 0.238 e. The molecule has 1 heterocycles. The SMILES string of the molecule is CC(=O)N1CCN(CC(=O)Nc2ccc(-c3ccccc3)cc2)CC1. The molecule has 2 aromatic rings. The fraction of sp³-hybridized carbons (Fsp3) is 0.300. The maximum absolute atomic E-state index is 12.2. The molecule has 1 aliphatic rings. The Morgan fingerprint density at radius 3 is 2.08 bits per heavy atom. The number of hydrogen-bond acceptors (Lipinski definition) is 3. The van der Waals surface area contributed by atoms with Crippen molar-refractivity contribution in [2.45, 2.75) is 6.92 Å². The highest BCUT2D eigenvalue weighted by Crippen LogP contribution is 2.21. The lowest BCUT2D eigenvalue weighted by atomic mass is 10.1. The van der Waals surface area contributed by atoms with E-state index in [0.29, 0.717) is 19.6 Å². The number of carbonyl (C=O) groups is 2. The minimum absolute atomic E-state index is 0.0243. The Balaban J connectivity index is 1.51. The van der Waals surface area contributed by atoms with Gasteiger partial charge in [-0.25, -0.2) is 0 Å². The van der Waals surface area contributed by atoms with Crippen molar-refractivity contribution < 1.29 is 9.59 Å². The van der Waals surface area contributed by atoms with E-state index in [9.17, 15) is 9.59 Å². The first kappa shape index (κ1) is 17.2. The monoisotopic (exact) mass is 337 g/mol. The Bertz CT molecular complexity index is 720. The van der Waals surface area contributed by atoms with Crippen molar-refractivity contribution in [3.63, 3.8) is 0 Å². The highest BCUT2D eigenvalue weighted by Gasteiger charge is 2.20. The first-order chi connectivity index (χ1) is 12.1. The molecule has 3 rings (SSSR count). The molecule has 1 aliphatic heterocycles. The van der Waals surface area contributed by atoms with Gasteiger partial charge in [0.2, 0.25) is 11.8 Å². The van der Waals surface area contributed by atoms with Gasteiger partial charge in [-0.1, -0.05) is 42.5 Å². The molecule has 0 bridgehead atoms. The molecule has 1 saturated heterocycles. The van der Waals surface area contributed by atoms with E-state index in [4.69, 9.17) is 0 Å². The third-order valence-corrected chi connectivity index (χ3v) is 4.46. The number of carbonyl (C=O) groups excluding carboxylic acids is 2. The third-order valence-electron chi connectivity index (χ3n) is 4.46. The highest BCUT2D eigenvalue weighted by atomic mass is 16.2. The Kier molecular flexibility index (Phi) is 5.46. The van der Waals surface area contributed by atoms with Gasteiger partial charge in [-0.15, -0.1) is 0 Å². The second-order valence-electron chi connectivity index (χ2n) is 6.27. The van der Waals surface area contributed by atoms with Gasteiger partial charge in [0.1, 0.15) is 0 Å². The van der Waals surface area contributed by atoms with Crippen LogP contribution in [0.15, 0.2) is 54.6 Å². The number of nitrogens with one attached hydrogen (secondary N) is 1. The molecule has 0 spiro atoms. The second kappa shape index (κ2) is 7.94. The zero-order valence-corrected chi connectivity index (χ0v) is 14.4. The summed E-state index contributed by atoms with van der Waals surface area (Å²) < 4.78 is 0. The number of piperazine rings is 1. The molecule has 0 radical (unpaired) electrons. The van der Waals surface area contributed by atoms with Crippen molar-refractivity contribution in [2.24, 2.45) is 0 Å². The van der Waals surface area contributed by atoms with Crippen LogP contribution in [-0.2, 0) is 9.59 Å². The van der Waals surface area contributed by atoms with E-state index in [1.54, 1.807) is 6.92 Å². The summed E-state index contributed by atoms with van der Waals surface area (Å²) in [6.07, 6.45) is 0. The predicted molar refractivity (Wildman–Crippen MR) is 99.2 cm³/mol. The molecular formula is C20H23N3O2. The van der Waals surface area contributed by atoms with Crippen LogP contribution in [0.4, 0.5) is 5.69 Å². The number of amides is 2. The molecule has 2 aromatic carbocycles. The Labute approximate surface area is 148 Å². The lowest BCUT2D eigenvalue weighted by Gasteiger charge is -2.33. The number of anilines is 1. The summed E-state index contributed by atoms with van der Waals surface area (Å²) >= 11 is 0. The number of hydrogen-bond donors (Lipinski definition) is 1. The van der Waals surface area contributed by atoms with Crippen LogP contribution in [0.2, 0.25) is 0 Å². The van der Waals surface area contributed by atoms with E-state index in [1.165, 1.54) is 0 Å². The molecule has 25 heavy (non-hydrogen) atoms. The summed E-state index contributed by atoms with van der Waals surface area (Å²) in [6, 6.07) is 18.0. The van der Waals surface area contributed by atoms with Gasteiger partial charge in [-0.2, -0.15) is 0 Å². The van der Waals surface area contributed by atoms with E-state index >= 15 is 0 Å². The molecule has 1 N–H and O–H groups in total. The first-order valence-electron chi connectivity index (χ1n) is 8.55. The summed E-state index contributed by atoms with van der Waals surface area (Å²) in [6.45, 7) is 4.79. The summed E-state index contributed by atoms with van der Waals surface area (Å²) in [5, 5.41) is 2.94. The van der Waals surface area contributed by atoms with Crippen molar-refractivity contribution in [2.75, 3.05) is 38.0 Å². The largest absolute Gasteiger partial charge is 0.340 e. The number of benzene rings is 2. The van der Waals surface area contributed by atoms with E-state index in [1.807, 2.05) is 47.4 Å². The molecule has 2 amide bonds. The van der Waals surface area contributed by atoms with Crippen molar-refractivity contribution in [1.29, 1.82) is 0 Å². The zero-order chi connectivity index (χ0) is 17.6. The van der Waals surface area contributed by atoms with E-state index in [2.05, 4.69) is 22.3 Å². The molecule has 5 heteroatoms. The van der Waals surface area contributed by atoms with Crippen LogP contribution < -0.4 is 5.32 Å². The molecular weight excluding hydrogens is 314 g/mol. The van der Waals surface area contributed by atoms with Gasteiger partial charge < -0.3 is 10.2 Å². The minimum atomic E-state index is -0.0243. The molecule has 130 valence electrons. The maximum atomic E-state index is 12.2. The fourth-order valence-electron chi connectivity index (χ4n) is 3.00. The normalized spacial score (nSPS) is 15.0. The molecule has 5 nitrogen and oxygen atoms in total. The van der Waals surface area contributed by atoms with Gasteiger partial charge in [0.05, 0.1) is 6.54 Å². The average Bonchev–Trinajstić information content (AvgIpc) is 2.63. The average molecular weight is 337 g/mol. The van der Waals surface area contributed by atoms with Crippen LogP contribution in [0, 0.1) is 0 Å². The first-order valence-corrected chi connectivity index (χ1v) is 8.55. The van der Waals surface area contributed by atoms with Crippen LogP contribution in [-0.4, -0.2) is 54.3 Å². The quantitative estimate of drug-likeness (QED) is 0.932. The van der Waals surface area contributed by atoms with E-state index in [-0.39, 0.29) is 11.8 Å². The van der Waals surface area contributed by atoms with Gasteiger partial charge in [-0.3, -0.25) is 14.5 Å². The summed E-state index contributed by atoms with van der Waals surface area (Å²) in [7, 11) is 0. The van der Waals surface area contributed by atoms with Crippen molar-refractivity contribution in [3.05, 3.63) is 54.6 Å². The third kappa shape index (κ3) is 4.67. The fourth-order valence-corrected chi connectivity index (χ4v) is 3.00. The second-order valence-corrected chi connectivity index (χ2v) is 6.27. The highest BCUT2D eigenvalue weighted by molar-refractivity contribution is 5.92. The topological polar surface area (TPSA) is 52.7 Å². The minimum Gasteiger partial charge on any atom is -0.340 e. The van der Waals surface area contributed by atoms with Crippen LogP contribution in [0.25, 0.3) is 11.1 Å². The van der Waals surface area contributed by atoms with Gasteiger partial charge in [0.25, 0.3) is 0 Å². The van der Waals surface area contributed by atoms with Crippen LogP contribution >= 0.6 is 0 Å². The summed E-state index contributed by atoms with van der Waals surface area (Å²) in [4.78, 5) is 27.4. The molecule has 0 aromatic heterocycles. The van der Waals surface area contributed by atoms with Crippen LogP contribution in [0.1, 0.15) is 6.92 Å². The van der Waals surface area contributed by atoms with E-state index in [0.717, 1.165) is 29.9 Å². The van der Waals surface area contributed by atoms with Crippen molar-refractivity contribution >= 4 is 17.5 Å². The van der Waals surface area contributed by atoms with Gasteiger partial charge >= 0.3 is 0 Å². The molecule has 0 atom stereocenters. The summed E-state index contributed by atoms with van der Waals surface area (Å²) in [5.74, 6) is 0.0753. The Morgan fingerprint density at radius 2 is 1.48 bits per heavy atom. The molecule has 0 saturated carbocycles. The van der Waals surface area contributed by atoms with Gasteiger partial charge in [-0.05, 0) is 23.3 Å². The Hall–Kier alpha value is -2.66. The van der Waals surface area contributed by atoms with Crippen molar-refractivity contribution in [1.82, 2.24) is 9.80 Å². The molecule has 0 unspecified atom stereocenters. The van der Waals surface area contributed by atoms with Gasteiger partial charge in [0, 0.05) is 38.8 Å². The predicted octanol–water partition coefficient (Wildman–Crippen LogP) is 2.46. The zero-order valence-electron chi connectivity index (χ0n) is 14.4. The lowest BCUT2D eigenvalue weighted by Crippen LogP contribution is -2.49. The van der Waals surface area contributed by atoms with Crippen molar-refractivity contribution in [3.8, 4) is 11.1 Å². The lowest BCUT2D eigenvalue weighted by molar-refractivity contribution is -0.130. The Morgan fingerprint density at radius 1 is 0.880 bits per heavy atom. The van der Waals surface area contributed by atoms with Crippen LogP contribution in [0.5, 0.6) is 0 Å². The van der Waals surface area contributed by atoms with E-state index < -0.39 is 0 Å². The number of nitrogens with zero attached hydrogens (tertiary/aromatic N) is 2. The maximum Gasteiger partial charge on any atom is 0.238 e. The summed E-state index contributed by atoms with van der Waals surface area (Å²) in [5.41, 5.74) is 3.08. The molecule has 0 aliphatic carbocycles.